The highest BCUT2D eigenvalue weighted by Gasteiger charge is 2.32. The Morgan fingerprint density at radius 3 is 2.65 bits per heavy atom. The first-order chi connectivity index (χ1) is 9.31. The molecule has 0 unspecified atom stereocenters. The Morgan fingerprint density at radius 2 is 2.10 bits per heavy atom. The van der Waals surface area contributed by atoms with E-state index < -0.39 is 12.7 Å². The summed E-state index contributed by atoms with van der Waals surface area (Å²) < 4.78 is 42.5. The van der Waals surface area contributed by atoms with Crippen molar-refractivity contribution in [2.45, 2.75) is 52.5 Å². The third-order valence-corrected chi connectivity index (χ3v) is 2.81. The molecule has 0 atom stereocenters. The number of aromatic nitrogens is 1. The minimum atomic E-state index is -4.21. The van der Waals surface area contributed by atoms with Crippen molar-refractivity contribution in [2.75, 3.05) is 13.1 Å². The zero-order valence-electron chi connectivity index (χ0n) is 12.1. The number of alkyl halides is 3. The second kappa shape index (κ2) is 7.64. The minimum Gasteiger partial charge on any atom is -0.360 e. The Labute approximate surface area is 117 Å². The van der Waals surface area contributed by atoms with Gasteiger partial charge in [-0.15, -0.1) is 0 Å². The summed E-state index contributed by atoms with van der Waals surface area (Å²) in [7, 11) is 0. The molecular weight excluding hydrogens is 271 g/mol. The highest BCUT2D eigenvalue weighted by molar-refractivity contribution is 5.05. The Kier molecular flexibility index (Phi) is 6.48. The molecule has 0 spiro atoms. The van der Waals surface area contributed by atoms with Gasteiger partial charge in [0.05, 0.1) is 18.8 Å². The van der Waals surface area contributed by atoms with E-state index in [2.05, 4.69) is 17.4 Å². The first kappa shape index (κ1) is 17.0. The summed E-state index contributed by atoms with van der Waals surface area (Å²) in [4.78, 5) is 1.31. The summed E-state index contributed by atoms with van der Waals surface area (Å²) in [5.74, 6) is 0.455. The predicted molar refractivity (Wildman–Crippen MR) is 70.1 cm³/mol. The Balaban J connectivity index is 2.56. The summed E-state index contributed by atoms with van der Waals surface area (Å²) in [6.07, 6.45) is -3.20. The molecule has 0 aliphatic carbocycles. The maximum absolute atomic E-state index is 12.5. The van der Waals surface area contributed by atoms with E-state index in [1.54, 1.807) is 19.9 Å². The number of nitrogens with one attached hydrogen (secondary N) is 1. The Hall–Kier alpha value is -1.08. The molecule has 0 amide bonds. The maximum Gasteiger partial charge on any atom is 0.401 e. The average molecular weight is 293 g/mol. The topological polar surface area (TPSA) is 41.3 Å². The summed E-state index contributed by atoms with van der Waals surface area (Å²) >= 11 is 0. The number of hydrogen-bond acceptors (Lipinski definition) is 4. The highest BCUT2D eigenvalue weighted by Crippen LogP contribution is 2.20. The first-order valence-electron chi connectivity index (χ1n) is 6.77. The third kappa shape index (κ3) is 6.38. The molecule has 0 aromatic carbocycles. The molecule has 1 aromatic heterocycles. The molecule has 0 saturated carbocycles. The van der Waals surface area contributed by atoms with Crippen LogP contribution in [0.15, 0.2) is 10.6 Å². The van der Waals surface area contributed by atoms with E-state index in [0.29, 0.717) is 18.0 Å². The van der Waals surface area contributed by atoms with Crippen molar-refractivity contribution in [1.82, 2.24) is 15.4 Å². The molecule has 1 aromatic rings. The lowest BCUT2D eigenvalue weighted by Crippen LogP contribution is -2.38. The lowest BCUT2D eigenvalue weighted by Gasteiger charge is -2.26. The van der Waals surface area contributed by atoms with Gasteiger partial charge in [-0.25, -0.2) is 0 Å². The fourth-order valence-corrected chi connectivity index (χ4v) is 1.76. The molecule has 116 valence electrons. The van der Waals surface area contributed by atoms with Crippen molar-refractivity contribution in [3.8, 4) is 0 Å². The van der Waals surface area contributed by atoms with Crippen LogP contribution >= 0.6 is 0 Å². The summed E-state index contributed by atoms with van der Waals surface area (Å²) in [5, 5.41) is 7.01. The summed E-state index contributed by atoms with van der Waals surface area (Å²) in [5.41, 5.74) is 0.712. The Morgan fingerprint density at radius 1 is 1.40 bits per heavy atom. The van der Waals surface area contributed by atoms with Crippen LogP contribution in [0.25, 0.3) is 0 Å². The van der Waals surface area contributed by atoms with Crippen LogP contribution in [0.5, 0.6) is 0 Å². The highest BCUT2D eigenvalue weighted by atomic mass is 19.4. The zero-order chi connectivity index (χ0) is 15.2. The van der Waals surface area contributed by atoms with Crippen molar-refractivity contribution in [3.05, 3.63) is 17.5 Å². The van der Waals surface area contributed by atoms with Crippen LogP contribution < -0.4 is 5.32 Å². The van der Waals surface area contributed by atoms with Gasteiger partial charge in [0.25, 0.3) is 0 Å². The van der Waals surface area contributed by atoms with Gasteiger partial charge in [-0.2, -0.15) is 13.2 Å². The molecule has 0 radical (unpaired) electrons. The fraction of sp³-hybridized carbons (Fsp3) is 0.769. The van der Waals surface area contributed by atoms with Crippen molar-refractivity contribution < 1.29 is 17.7 Å². The molecule has 7 heteroatoms. The van der Waals surface area contributed by atoms with E-state index in [-0.39, 0.29) is 12.6 Å². The van der Waals surface area contributed by atoms with Crippen LogP contribution in [0.4, 0.5) is 13.2 Å². The van der Waals surface area contributed by atoms with E-state index >= 15 is 0 Å². The fourth-order valence-electron chi connectivity index (χ4n) is 1.76. The molecule has 20 heavy (non-hydrogen) atoms. The van der Waals surface area contributed by atoms with Gasteiger partial charge in [0, 0.05) is 18.7 Å². The number of rotatable bonds is 8. The standard InChI is InChI=1S/C13H22F3N3O/c1-4-5-17-7-11-6-12(20-18-11)8-19(10(2)3)9-13(14,15)16/h6,10,17H,4-5,7-9H2,1-3H3. The smallest absolute Gasteiger partial charge is 0.360 e. The second-order valence-electron chi connectivity index (χ2n) is 5.08. The second-order valence-corrected chi connectivity index (χ2v) is 5.08. The normalized spacial score (nSPS) is 12.6. The van der Waals surface area contributed by atoms with Gasteiger partial charge in [0.1, 0.15) is 0 Å². The van der Waals surface area contributed by atoms with Gasteiger partial charge in [-0.1, -0.05) is 12.1 Å². The van der Waals surface area contributed by atoms with Gasteiger partial charge in [0.15, 0.2) is 5.76 Å². The van der Waals surface area contributed by atoms with Crippen LogP contribution in [-0.4, -0.2) is 35.4 Å². The molecule has 1 N–H and O–H groups in total. The van der Waals surface area contributed by atoms with Gasteiger partial charge < -0.3 is 9.84 Å². The molecule has 0 aliphatic rings. The monoisotopic (exact) mass is 293 g/mol. The van der Waals surface area contributed by atoms with Crippen molar-refractivity contribution in [3.63, 3.8) is 0 Å². The van der Waals surface area contributed by atoms with E-state index in [9.17, 15) is 13.2 Å². The summed E-state index contributed by atoms with van der Waals surface area (Å²) in [6, 6.07) is 1.48. The molecule has 0 bridgehead atoms. The molecule has 0 fully saturated rings. The first-order valence-corrected chi connectivity index (χ1v) is 6.77. The van der Waals surface area contributed by atoms with Crippen LogP contribution in [0.3, 0.4) is 0 Å². The van der Waals surface area contributed by atoms with Crippen LogP contribution in [0.2, 0.25) is 0 Å². The Bertz CT molecular complexity index is 390. The minimum absolute atomic E-state index is 0.109. The maximum atomic E-state index is 12.5. The van der Waals surface area contributed by atoms with E-state index in [0.717, 1.165) is 13.0 Å². The third-order valence-electron chi connectivity index (χ3n) is 2.81. The van der Waals surface area contributed by atoms with Gasteiger partial charge in [-0.05, 0) is 26.8 Å². The van der Waals surface area contributed by atoms with Crippen molar-refractivity contribution in [2.24, 2.45) is 0 Å². The largest absolute Gasteiger partial charge is 0.401 e. The quantitative estimate of drug-likeness (QED) is 0.748. The number of halogens is 3. The molecule has 0 aliphatic heterocycles. The van der Waals surface area contributed by atoms with E-state index in [1.807, 2.05) is 0 Å². The van der Waals surface area contributed by atoms with Crippen molar-refractivity contribution >= 4 is 0 Å². The number of nitrogens with zero attached hydrogens (tertiary/aromatic N) is 2. The molecule has 4 nitrogen and oxygen atoms in total. The van der Waals surface area contributed by atoms with Gasteiger partial charge in [0.2, 0.25) is 0 Å². The molecular formula is C13H22F3N3O. The van der Waals surface area contributed by atoms with E-state index in [4.69, 9.17) is 4.52 Å². The van der Waals surface area contributed by atoms with Crippen molar-refractivity contribution in [1.29, 1.82) is 0 Å². The lowest BCUT2D eigenvalue weighted by molar-refractivity contribution is -0.151. The van der Waals surface area contributed by atoms with Crippen LogP contribution in [0.1, 0.15) is 38.6 Å². The molecule has 0 saturated heterocycles. The van der Waals surface area contributed by atoms with Crippen LogP contribution in [0, 0.1) is 0 Å². The molecule has 1 heterocycles. The lowest BCUT2D eigenvalue weighted by atomic mass is 10.2. The summed E-state index contributed by atoms with van der Waals surface area (Å²) in [6.45, 7) is 6.11. The van der Waals surface area contributed by atoms with Gasteiger partial charge >= 0.3 is 6.18 Å². The zero-order valence-corrected chi connectivity index (χ0v) is 12.1. The van der Waals surface area contributed by atoms with E-state index in [1.165, 1.54) is 4.90 Å². The predicted octanol–water partition coefficient (Wildman–Crippen LogP) is 2.95. The number of hydrogen-bond donors (Lipinski definition) is 1. The molecule has 1 rings (SSSR count). The average Bonchev–Trinajstić information content (AvgIpc) is 2.74. The van der Waals surface area contributed by atoms with Crippen LogP contribution in [-0.2, 0) is 13.1 Å². The van der Waals surface area contributed by atoms with Gasteiger partial charge in [-0.3, -0.25) is 4.90 Å². The SMILES string of the molecule is CCCNCc1cc(CN(CC(F)(F)F)C(C)C)on1.